The first kappa shape index (κ1) is 11.8. The van der Waals surface area contributed by atoms with E-state index in [9.17, 15) is 8.42 Å². The van der Waals surface area contributed by atoms with Gasteiger partial charge in [-0.25, -0.2) is 8.42 Å². The summed E-state index contributed by atoms with van der Waals surface area (Å²) in [7, 11) is -1.82. The standard InChI is InChI=1S/C10H15NO3S/c1-3-7-15(12,13)9-6-4-5-8(14-2)10(9)11/h4-6H,3,7,11H2,1-2H3. The van der Waals surface area contributed by atoms with Crippen LogP contribution in [0.3, 0.4) is 0 Å². The molecule has 0 aliphatic carbocycles. The van der Waals surface area contributed by atoms with Crippen LogP contribution in [0.4, 0.5) is 5.69 Å². The van der Waals surface area contributed by atoms with E-state index in [2.05, 4.69) is 0 Å². The molecular weight excluding hydrogens is 214 g/mol. The van der Waals surface area contributed by atoms with Gasteiger partial charge in [0.05, 0.1) is 23.4 Å². The van der Waals surface area contributed by atoms with E-state index in [4.69, 9.17) is 10.5 Å². The van der Waals surface area contributed by atoms with Crippen molar-refractivity contribution in [3.63, 3.8) is 0 Å². The van der Waals surface area contributed by atoms with Gasteiger partial charge in [-0.2, -0.15) is 0 Å². The average Bonchev–Trinajstić information content (AvgIpc) is 2.17. The van der Waals surface area contributed by atoms with Gasteiger partial charge < -0.3 is 10.5 Å². The lowest BCUT2D eigenvalue weighted by Crippen LogP contribution is -2.09. The van der Waals surface area contributed by atoms with Gasteiger partial charge in [-0.15, -0.1) is 0 Å². The highest BCUT2D eigenvalue weighted by Gasteiger charge is 2.18. The molecular formula is C10H15NO3S. The molecule has 0 heterocycles. The van der Waals surface area contributed by atoms with Crippen molar-refractivity contribution in [3.05, 3.63) is 18.2 Å². The summed E-state index contributed by atoms with van der Waals surface area (Å²) in [5, 5.41) is 0. The third-order valence-corrected chi connectivity index (χ3v) is 4.03. The molecule has 1 aromatic rings. The fraction of sp³-hybridized carbons (Fsp3) is 0.400. The van der Waals surface area contributed by atoms with E-state index in [1.165, 1.54) is 13.2 Å². The monoisotopic (exact) mass is 229 g/mol. The normalized spacial score (nSPS) is 11.3. The smallest absolute Gasteiger partial charge is 0.180 e. The molecule has 0 unspecified atom stereocenters. The van der Waals surface area contributed by atoms with E-state index in [0.717, 1.165) is 0 Å². The Balaban J connectivity index is 3.27. The summed E-state index contributed by atoms with van der Waals surface area (Å²) in [6.45, 7) is 1.81. The number of sulfone groups is 1. The molecule has 0 amide bonds. The largest absolute Gasteiger partial charge is 0.495 e. The molecule has 0 aromatic heterocycles. The number of para-hydroxylation sites is 1. The molecule has 5 heteroatoms. The Kier molecular flexibility index (Phi) is 3.57. The lowest BCUT2D eigenvalue weighted by Gasteiger charge is -2.09. The minimum atomic E-state index is -3.28. The molecule has 0 fully saturated rings. The molecule has 2 N–H and O–H groups in total. The predicted octanol–water partition coefficient (Wildman–Crippen LogP) is 1.46. The summed E-state index contributed by atoms with van der Waals surface area (Å²) in [5.74, 6) is 0.497. The Labute approximate surface area is 90.0 Å². The third kappa shape index (κ3) is 2.41. The molecule has 0 bridgehead atoms. The van der Waals surface area contributed by atoms with Crippen LogP contribution in [0.5, 0.6) is 5.75 Å². The fourth-order valence-electron chi connectivity index (χ4n) is 1.35. The van der Waals surface area contributed by atoms with Crippen LogP contribution >= 0.6 is 0 Å². The molecule has 0 aliphatic rings. The molecule has 0 radical (unpaired) electrons. The maximum atomic E-state index is 11.8. The summed E-state index contributed by atoms with van der Waals surface area (Å²) in [6.07, 6.45) is 0.568. The van der Waals surface area contributed by atoms with Crippen molar-refractivity contribution in [3.8, 4) is 5.75 Å². The maximum absolute atomic E-state index is 11.8. The van der Waals surface area contributed by atoms with Gasteiger partial charge in [0.1, 0.15) is 5.75 Å². The summed E-state index contributed by atoms with van der Waals surface area (Å²) < 4.78 is 28.5. The molecule has 15 heavy (non-hydrogen) atoms. The third-order valence-electron chi connectivity index (χ3n) is 2.05. The zero-order chi connectivity index (χ0) is 11.5. The molecule has 1 aromatic carbocycles. The predicted molar refractivity (Wildman–Crippen MR) is 59.8 cm³/mol. The quantitative estimate of drug-likeness (QED) is 0.793. The molecule has 1 rings (SSSR count). The van der Waals surface area contributed by atoms with E-state index in [1.807, 2.05) is 6.92 Å². The highest BCUT2D eigenvalue weighted by atomic mass is 32.2. The number of methoxy groups -OCH3 is 1. The Hall–Kier alpha value is -1.23. The van der Waals surface area contributed by atoms with E-state index >= 15 is 0 Å². The number of nitrogen functional groups attached to an aromatic ring is 1. The van der Waals surface area contributed by atoms with Crippen LogP contribution in [0.25, 0.3) is 0 Å². The second-order valence-electron chi connectivity index (χ2n) is 3.19. The SMILES string of the molecule is CCCS(=O)(=O)c1cccc(OC)c1N. The number of ether oxygens (including phenoxy) is 1. The molecule has 84 valence electrons. The van der Waals surface area contributed by atoms with Gasteiger partial charge in [-0.3, -0.25) is 0 Å². The van der Waals surface area contributed by atoms with Gasteiger partial charge in [0.15, 0.2) is 9.84 Å². The van der Waals surface area contributed by atoms with Crippen LogP contribution in [0.2, 0.25) is 0 Å². The maximum Gasteiger partial charge on any atom is 0.180 e. The topological polar surface area (TPSA) is 69.4 Å². The molecule has 0 spiro atoms. The van der Waals surface area contributed by atoms with Gasteiger partial charge in [0, 0.05) is 0 Å². The van der Waals surface area contributed by atoms with Gasteiger partial charge in [0.2, 0.25) is 0 Å². The Morgan fingerprint density at radius 3 is 2.60 bits per heavy atom. The number of hydrogen-bond acceptors (Lipinski definition) is 4. The molecule has 0 aliphatic heterocycles. The first-order chi connectivity index (χ1) is 7.03. The van der Waals surface area contributed by atoms with Gasteiger partial charge >= 0.3 is 0 Å². The van der Waals surface area contributed by atoms with Crippen LogP contribution in [-0.2, 0) is 9.84 Å². The Bertz CT molecular complexity index is 440. The highest BCUT2D eigenvalue weighted by Crippen LogP contribution is 2.29. The zero-order valence-corrected chi connectivity index (χ0v) is 9.67. The Morgan fingerprint density at radius 1 is 1.40 bits per heavy atom. The van der Waals surface area contributed by atoms with Gasteiger partial charge in [0.25, 0.3) is 0 Å². The number of rotatable bonds is 4. The fourth-order valence-corrected chi connectivity index (χ4v) is 2.83. The average molecular weight is 229 g/mol. The van der Waals surface area contributed by atoms with Crippen LogP contribution in [0.15, 0.2) is 23.1 Å². The number of nitrogens with two attached hydrogens (primary N) is 1. The molecule has 0 atom stereocenters. The van der Waals surface area contributed by atoms with E-state index in [0.29, 0.717) is 12.2 Å². The highest BCUT2D eigenvalue weighted by molar-refractivity contribution is 7.91. The van der Waals surface area contributed by atoms with Crippen LogP contribution in [0.1, 0.15) is 13.3 Å². The van der Waals surface area contributed by atoms with Crippen LogP contribution < -0.4 is 10.5 Å². The summed E-state index contributed by atoms with van der Waals surface area (Å²) in [4.78, 5) is 0.156. The first-order valence-corrected chi connectivity index (χ1v) is 6.33. The van der Waals surface area contributed by atoms with Crippen molar-refractivity contribution in [2.45, 2.75) is 18.2 Å². The summed E-state index contributed by atoms with van der Waals surface area (Å²) >= 11 is 0. The lowest BCUT2D eigenvalue weighted by atomic mass is 10.3. The van der Waals surface area contributed by atoms with Crippen molar-refractivity contribution >= 4 is 15.5 Å². The summed E-state index contributed by atoms with van der Waals surface area (Å²) in [6, 6.07) is 4.76. The number of benzene rings is 1. The van der Waals surface area contributed by atoms with Gasteiger partial charge in [-0.05, 0) is 18.6 Å². The number of anilines is 1. The lowest BCUT2D eigenvalue weighted by molar-refractivity contribution is 0.416. The minimum absolute atomic E-state index is 0.102. The van der Waals surface area contributed by atoms with Crippen LogP contribution in [-0.4, -0.2) is 21.3 Å². The zero-order valence-electron chi connectivity index (χ0n) is 8.86. The number of hydrogen-bond donors (Lipinski definition) is 1. The van der Waals surface area contributed by atoms with Crippen molar-refractivity contribution in [2.24, 2.45) is 0 Å². The molecule has 4 nitrogen and oxygen atoms in total. The van der Waals surface area contributed by atoms with E-state index in [1.54, 1.807) is 12.1 Å². The molecule has 0 saturated heterocycles. The summed E-state index contributed by atoms with van der Waals surface area (Å²) in [5.41, 5.74) is 5.89. The van der Waals surface area contributed by atoms with E-state index < -0.39 is 9.84 Å². The second kappa shape index (κ2) is 4.53. The Morgan fingerprint density at radius 2 is 2.07 bits per heavy atom. The van der Waals surface area contributed by atoms with Crippen molar-refractivity contribution in [1.29, 1.82) is 0 Å². The van der Waals surface area contributed by atoms with Crippen molar-refractivity contribution < 1.29 is 13.2 Å². The van der Waals surface area contributed by atoms with Crippen LogP contribution in [0, 0.1) is 0 Å². The molecule has 0 saturated carbocycles. The second-order valence-corrected chi connectivity index (χ2v) is 5.27. The minimum Gasteiger partial charge on any atom is -0.495 e. The first-order valence-electron chi connectivity index (χ1n) is 4.68. The van der Waals surface area contributed by atoms with Gasteiger partial charge in [-0.1, -0.05) is 13.0 Å². The van der Waals surface area contributed by atoms with Crippen molar-refractivity contribution in [2.75, 3.05) is 18.6 Å². The van der Waals surface area contributed by atoms with Crippen molar-refractivity contribution in [1.82, 2.24) is 0 Å². The van der Waals surface area contributed by atoms with E-state index in [-0.39, 0.29) is 16.3 Å².